The molecule has 0 N–H and O–H groups in total. The number of hydrogen-bond donors (Lipinski definition) is 0. The number of carbonyl (C=O) groups excluding carboxylic acids is 10. The first kappa shape index (κ1) is 70.2. The summed E-state index contributed by atoms with van der Waals surface area (Å²) < 4.78 is 50.4. The largest absolute Gasteiger partial charge is 0.462 e. The van der Waals surface area contributed by atoms with Crippen molar-refractivity contribution in [3.05, 3.63) is 92.0 Å². The zero-order valence-electron chi connectivity index (χ0n) is 51.0. The van der Waals surface area contributed by atoms with Crippen LogP contribution in [0.3, 0.4) is 0 Å². The first-order valence-corrected chi connectivity index (χ1v) is 29.4. The molecule has 0 radical (unpaired) electrons. The molecule has 4 saturated carbocycles. The molecule has 0 saturated heterocycles. The molecule has 20 nitrogen and oxygen atoms in total. The molecule has 0 aromatic rings. The summed E-state index contributed by atoms with van der Waals surface area (Å²) in [5, 5.41) is 0. The third kappa shape index (κ3) is 25.9. The quantitative estimate of drug-likeness (QED) is 0.0477. The van der Waals surface area contributed by atoms with Gasteiger partial charge in [-0.3, -0.25) is 47.9 Å². The number of ether oxygens (including phenoxy) is 10. The van der Waals surface area contributed by atoms with Gasteiger partial charge in [-0.15, -0.1) is 0 Å². The molecule has 17 atom stereocenters. The molecule has 4 fully saturated rings. The number of rotatable bonds is 20. The van der Waals surface area contributed by atoms with Crippen molar-refractivity contribution in [2.24, 2.45) is 71.0 Å². The number of fused-ring (bicyclic) bond motifs is 8. The van der Waals surface area contributed by atoms with E-state index in [2.05, 4.69) is 59.9 Å². The van der Waals surface area contributed by atoms with Gasteiger partial charge in [0.25, 0.3) is 0 Å². The van der Waals surface area contributed by atoms with Gasteiger partial charge >= 0.3 is 59.7 Å². The fourth-order valence-corrected chi connectivity index (χ4v) is 12.5. The average Bonchev–Trinajstić information content (AvgIpc) is 4.06. The smallest absolute Gasteiger partial charge is 0.303 e. The van der Waals surface area contributed by atoms with Gasteiger partial charge in [-0.05, 0) is 105 Å². The molecule has 0 heterocycles. The van der Waals surface area contributed by atoms with Gasteiger partial charge in [-0.25, -0.2) is 0 Å². The fraction of sp³-hybridized carbons (Fsp3) is 0.615. The Labute approximate surface area is 500 Å². The lowest BCUT2D eigenvalue weighted by Gasteiger charge is -2.27. The van der Waals surface area contributed by atoms with Crippen LogP contribution in [0.25, 0.3) is 0 Å². The highest BCUT2D eigenvalue weighted by molar-refractivity contribution is 5.69. The summed E-state index contributed by atoms with van der Waals surface area (Å²) in [6.07, 6.45) is 36.1. The number of hydrogen-bond acceptors (Lipinski definition) is 20. The maximum atomic E-state index is 11.1. The molecule has 20 heteroatoms. The van der Waals surface area contributed by atoms with E-state index in [4.69, 9.17) is 42.6 Å². The highest BCUT2D eigenvalue weighted by Crippen LogP contribution is 2.48. The van der Waals surface area contributed by atoms with Crippen molar-refractivity contribution in [2.45, 2.75) is 151 Å². The molecule has 0 aromatic heterocycles. The van der Waals surface area contributed by atoms with Gasteiger partial charge in [0.2, 0.25) is 0 Å². The standard InChI is InChI=1S/4C13H18O4.C8H12O4.C5H5/c4*1-8(14)16-7-13(17-9(2)15)12-6-10-3-4-11(12)5-10;1-4-8(12-7(3)10)5-11-6(2)9;1-2-4-5-3-1/h4*3-4,10-13H,5-7H2,1-2H3;4,8H,1,5H2,2-3H3;1-5H/q;;;;;+1/t4*10?,11?,12?,13-;;/m1000../s1. The van der Waals surface area contributed by atoms with Crippen molar-refractivity contribution in [3.63, 3.8) is 0 Å². The molecule has 0 aliphatic heterocycles. The molecule has 8 bridgehead atoms. The minimum atomic E-state index is -0.550. The summed E-state index contributed by atoms with van der Waals surface area (Å²) >= 11 is 0. The molecule has 13 unspecified atom stereocenters. The van der Waals surface area contributed by atoms with Crippen LogP contribution in [-0.4, -0.2) is 123 Å². The zero-order chi connectivity index (χ0) is 62.8. The molecular formula is C65H89O20+. The maximum absolute atomic E-state index is 11.1. The Morgan fingerprint density at radius 3 is 0.741 bits per heavy atom. The van der Waals surface area contributed by atoms with E-state index < -0.39 is 18.0 Å². The van der Waals surface area contributed by atoms with E-state index in [-0.39, 0.29) is 105 Å². The number of carbonyl (C=O) groups is 10. The Morgan fingerprint density at radius 2 is 0.588 bits per heavy atom. The maximum Gasteiger partial charge on any atom is 0.303 e. The van der Waals surface area contributed by atoms with E-state index in [1.54, 1.807) is 0 Å². The van der Waals surface area contributed by atoms with Gasteiger partial charge in [0.1, 0.15) is 57.5 Å². The van der Waals surface area contributed by atoms with Crippen LogP contribution in [0.5, 0.6) is 0 Å². The van der Waals surface area contributed by atoms with Gasteiger partial charge in [0.05, 0.1) is 24.3 Å². The summed E-state index contributed by atoms with van der Waals surface area (Å²) in [6.45, 7) is 17.8. The number of esters is 10. The second-order valence-corrected chi connectivity index (χ2v) is 22.7. The highest BCUT2D eigenvalue weighted by atomic mass is 16.6. The summed E-state index contributed by atoms with van der Waals surface area (Å²) in [6, 6.07) is 0. The van der Waals surface area contributed by atoms with Gasteiger partial charge < -0.3 is 47.4 Å². The van der Waals surface area contributed by atoms with Crippen LogP contribution in [0.15, 0.2) is 85.6 Å². The Kier molecular flexibility index (Phi) is 29.7. The van der Waals surface area contributed by atoms with Crippen molar-refractivity contribution >= 4 is 59.7 Å². The third-order valence-corrected chi connectivity index (χ3v) is 15.9. The number of allylic oxidation sites excluding steroid dienone is 12. The van der Waals surface area contributed by atoms with Crippen LogP contribution in [0.2, 0.25) is 0 Å². The minimum Gasteiger partial charge on any atom is -0.462 e. The monoisotopic (exact) mass is 1190 g/mol. The molecule has 85 heavy (non-hydrogen) atoms. The van der Waals surface area contributed by atoms with Crippen molar-refractivity contribution in [2.75, 3.05) is 33.0 Å². The van der Waals surface area contributed by atoms with Crippen molar-refractivity contribution in [3.8, 4) is 0 Å². The predicted molar refractivity (Wildman–Crippen MR) is 309 cm³/mol. The van der Waals surface area contributed by atoms with Crippen LogP contribution < -0.4 is 0 Å². The lowest BCUT2D eigenvalue weighted by atomic mass is 9.88. The van der Waals surface area contributed by atoms with Crippen LogP contribution in [0, 0.1) is 77.4 Å². The SMILES string of the molecule is C1=C[CH+]C=C1.C=CC(COC(C)=O)OC(C)=O.CC(=O)OC[C@@H](OC(C)=O)C1CC2C=CC1C2.CC(=O)OC[C@H](OC(C)=O)C1CC2C=CC1C2.CC(=O)OC[C@H](OC(C)=O)C1CC2C=CC1C2.CC(=O)OC[C@H](OC(C)=O)C1CC2C=CC1C2. The van der Waals surface area contributed by atoms with Gasteiger partial charge in [-0.1, -0.05) is 55.2 Å². The Morgan fingerprint density at radius 1 is 0.353 bits per heavy atom. The summed E-state index contributed by atoms with van der Waals surface area (Å²) in [4.78, 5) is 108. The van der Waals surface area contributed by atoms with Gasteiger partial charge in [-0.2, -0.15) is 0 Å². The summed E-state index contributed by atoms with van der Waals surface area (Å²) in [5.74, 6) is 2.12. The van der Waals surface area contributed by atoms with Crippen LogP contribution in [0.4, 0.5) is 0 Å². The van der Waals surface area contributed by atoms with Crippen molar-refractivity contribution in [1.82, 2.24) is 0 Å². The second kappa shape index (κ2) is 35.9. The van der Waals surface area contributed by atoms with E-state index in [1.165, 1.54) is 75.3 Å². The van der Waals surface area contributed by atoms with E-state index in [0.717, 1.165) is 51.4 Å². The van der Waals surface area contributed by atoms with Crippen LogP contribution in [-0.2, 0) is 95.3 Å². The molecule has 0 spiro atoms. The lowest BCUT2D eigenvalue weighted by Crippen LogP contribution is -2.33. The van der Waals surface area contributed by atoms with Crippen LogP contribution in [0.1, 0.15) is 121 Å². The molecule has 9 rings (SSSR count). The average molecular weight is 1190 g/mol. The molecular weight excluding hydrogens is 1100 g/mol. The van der Waals surface area contributed by atoms with E-state index in [0.29, 0.717) is 71.0 Å². The predicted octanol–water partition coefficient (Wildman–Crippen LogP) is 8.76. The molecule has 9 aliphatic carbocycles. The van der Waals surface area contributed by atoms with Crippen molar-refractivity contribution < 1.29 is 95.3 Å². The molecule has 468 valence electrons. The topological polar surface area (TPSA) is 263 Å². The lowest BCUT2D eigenvalue weighted by molar-refractivity contribution is -0.160. The molecule has 0 aromatic carbocycles. The molecule has 0 amide bonds. The Balaban J connectivity index is 0.000000224. The summed E-state index contributed by atoms with van der Waals surface area (Å²) in [7, 11) is 0. The first-order valence-electron chi connectivity index (χ1n) is 29.4. The molecule has 9 aliphatic rings. The van der Waals surface area contributed by atoms with Gasteiger partial charge in [0, 0.05) is 99.3 Å². The first-order chi connectivity index (χ1) is 40.3. The van der Waals surface area contributed by atoms with E-state index in [9.17, 15) is 47.9 Å². The Bertz CT molecular complexity index is 2200. The van der Waals surface area contributed by atoms with Crippen LogP contribution >= 0.6 is 0 Å². The normalized spacial score (nSPS) is 27.6. The third-order valence-electron chi connectivity index (χ3n) is 15.9. The Hall–Kier alpha value is -7.25. The zero-order valence-corrected chi connectivity index (χ0v) is 51.0. The second-order valence-electron chi connectivity index (χ2n) is 22.7. The van der Waals surface area contributed by atoms with E-state index >= 15 is 0 Å². The van der Waals surface area contributed by atoms with E-state index in [1.807, 2.05) is 30.7 Å². The summed E-state index contributed by atoms with van der Waals surface area (Å²) in [5.41, 5.74) is 0. The highest BCUT2D eigenvalue weighted by Gasteiger charge is 2.45. The minimum absolute atomic E-state index is 0.0262. The fourth-order valence-electron chi connectivity index (χ4n) is 12.5. The van der Waals surface area contributed by atoms with Gasteiger partial charge in [0.15, 0.2) is 6.10 Å². The van der Waals surface area contributed by atoms with Crippen molar-refractivity contribution in [1.29, 1.82) is 0 Å².